The molecule has 0 aliphatic rings. The van der Waals surface area contributed by atoms with Crippen molar-refractivity contribution in [3.05, 3.63) is 71.2 Å². The van der Waals surface area contributed by atoms with E-state index < -0.39 is 0 Å². The molecule has 140 valence electrons. The van der Waals surface area contributed by atoms with E-state index in [9.17, 15) is 9.18 Å². The molecular weight excluding hydrogens is 345 g/mol. The standard InChI is InChI=1S/C21H22FN3O2/c1-14-4-10-18(11-5-14)23-20(26)13-25(3)12-19-15(2)21(27-24-19)16-6-8-17(22)9-7-16/h4-11H,12-13H2,1-3H3,(H,23,26). The molecule has 0 fully saturated rings. The van der Waals surface area contributed by atoms with Gasteiger partial charge < -0.3 is 9.84 Å². The summed E-state index contributed by atoms with van der Waals surface area (Å²) >= 11 is 0. The number of anilines is 1. The van der Waals surface area contributed by atoms with Crippen molar-refractivity contribution in [2.75, 3.05) is 18.9 Å². The molecule has 3 aromatic rings. The zero-order chi connectivity index (χ0) is 19.4. The Morgan fingerprint density at radius 1 is 1.11 bits per heavy atom. The number of carbonyl (C=O) groups excluding carboxylic acids is 1. The molecule has 1 amide bonds. The maximum absolute atomic E-state index is 13.1. The quantitative estimate of drug-likeness (QED) is 0.710. The predicted octanol–water partition coefficient (Wildman–Crippen LogP) is 4.17. The molecule has 0 radical (unpaired) electrons. The Labute approximate surface area is 157 Å². The molecule has 0 aliphatic carbocycles. The number of hydrogen-bond donors (Lipinski definition) is 1. The molecule has 0 bridgehead atoms. The van der Waals surface area contributed by atoms with Crippen molar-refractivity contribution >= 4 is 11.6 Å². The maximum Gasteiger partial charge on any atom is 0.238 e. The Morgan fingerprint density at radius 3 is 2.44 bits per heavy atom. The minimum absolute atomic E-state index is 0.0961. The van der Waals surface area contributed by atoms with Crippen molar-refractivity contribution in [1.29, 1.82) is 0 Å². The van der Waals surface area contributed by atoms with Crippen LogP contribution in [0.15, 0.2) is 53.1 Å². The van der Waals surface area contributed by atoms with Crippen LogP contribution in [0.4, 0.5) is 10.1 Å². The molecule has 0 saturated heterocycles. The highest BCUT2D eigenvalue weighted by Crippen LogP contribution is 2.26. The fraction of sp³-hybridized carbons (Fsp3) is 0.238. The van der Waals surface area contributed by atoms with Crippen LogP contribution in [0, 0.1) is 19.7 Å². The van der Waals surface area contributed by atoms with Crippen LogP contribution in [-0.2, 0) is 11.3 Å². The lowest BCUT2D eigenvalue weighted by atomic mass is 10.1. The zero-order valence-electron chi connectivity index (χ0n) is 15.6. The summed E-state index contributed by atoms with van der Waals surface area (Å²) in [5.74, 6) is 0.222. The summed E-state index contributed by atoms with van der Waals surface area (Å²) in [7, 11) is 1.85. The SMILES string of the molecule is Cc1ccc(NC(=O)CN(C)Cc2noc(-c3ccc(F)cc3)c2C)cc1. The topological polar surface area (TPSA) is 58.4 Å². The second-order valence-electron chi connectivity index (χ2n) is 6.68. The van der Waals surface area contributed by atoms with Crippen molar-refractivity contribution in [3.8, 4) is 11.3 Å². The van der Waals surface area contributed by atoms with Gasteiger partial charge in [-0.3, -0.25) is 9.69 Å². The summed E-state index contributed by atoms with van der Waals surface area (Å²) in [5.41, 5.74) is 4.32. The fourth-order valence-electron chi connectivity index (χ4n) is 2.78. The molecular formula is C21H22FN3O2. The predicted molar refractivity (Wildman–Crippen MR) is 103 cm³/mol. The van der Waals surface area contributed by atoms with Crippen molar-refractivity contribution in [1.82, 2.24) is 10.1 Å². The maximum atomic E-state index is 13.1. The molecule has 1 heterocycles. The highest BCUT2D eigenvalue weighted by Gasteiger charge is 2.16. The third-order valence-electron chi connectivity index (χ3n) is 4.30. The first-order chi connectivity index (χ1) is 12.9. The second-order valence-corrected chi connectivity index (χ2v) is 6.68. The minimum Gasteiger partial charge on any atom is -0.356 e. The highest BCUT2D eigenvalue weighted by atomic mass is 19.1. The number of likely N-dealkylation sites (N-methyl/N-ethyl adjacent to an activating group) is 1. The van der Waals surface area contributed by atoms with Gasteiger partial charge in [-0.05, 0) is 57.3 Å². The second kappa shape index (κ2) is 8.14. The van der Waals surface area contributed by atoms with Crippen LogP contribution in [0.5, 0.6) is 0 Å². The van der Waals surface area contributed by atoms with Crippen molar-refractivity contribution in [3.63, 3.8) is 0 Å². The summed E-state index contributed by atoms with van der Waals surface area (Å²) in [6.45, 7) is 4.61. The van der Waals surface area contributed by atoms with E-state index in [-0.39, 0.29) is 18.3 Å². The molecule has 0 unspecified atom stereocenters. The van der Waals surface area contributed by atoms with Gasteiger partial charge in [0.25, 0.3) is 0 Å². The third kappa shape index (κ3) is 4.80. The molecule has 27 heavy (non-hydrogen) atoms. The van der Waals surface area contributed by atoms with Crippen LogP contribution >= 0.6 is 0 Å². The molecule has 6 heteroatoms. The van der Waals surface area contributed by atoms with Crippen LogP contribution in [0.25, 0.3) is 11.3 Å². The van der Waals surface area contributed by atoms with Gasteiger partial charge in [-0.15, -0.1) is 0 Å². The first kappa shape index (κ1) is 18.8. The van der Waals surface area contributed by atoms with Crippen LogP contribution in [0.2, 0.25) is 0 Å². The van der Waals surface area contributed by atoms with Crippen LogP contribution in [-0.4, -0.2) is 29.6 Å². The Balaban J connectivity index is 1.60. The number of amides is 1. The van der Waals surface area contributed by atoms with E-state index in [4.69, 9.17) is 4.52 Å². The Kier molecular flexibility index (Phi) is 5.66. The number of aromatic nitrogens is 1. The normalized spacial score (nSPS) is 11.0. The van der Waals surface area contributed by atoms with Crippen LogP contribution in [0.1, 0.15) is 16.8 Å². The lowest BCUT2D eigenvalue weighted by molar-refractivity contribution is -0.117. The molecule has 5 nitrogen and oxygen atoms in total. The third-order valence-corrected chi connectivity index (χ3v) is 4.30. The number of hydrogen-bond acceptors (Lipinski definition) is 4. The van der Waals surface area contributed by atoms with E-state index >= 15 is 0 Å². The highest BCUT2D eigenvalue weighted by molar-refractivity contribution is 5.92. The summed E-state index contributed by atoms with van der Waals surface area (Å²) in [6.07, 6.45) is 0. The van der Waals surface area contributed by atoms with Crippen LogP contribution < -0.4 is 5.32 Å². The van der Waals surface area contributed by atoms with Gasteiger partial charge >= 0.3 is 0 Å². The van der Waals surface area contributed by atoms with Gasteiger partial charge in [-0.1, -0.05) is 22.9 Å². The lowest BCUT2D eigenvalue weighted by Crippen LogP contribution is -2.30. The summed E-state index contributed by atoms with van der Waals surface area (Å²) in [4.78, 5) is 14.1. The average molecular weight is 367 g/mol. The van der Waals surface area contributed by atoms with Gasteiger partial charge in [-0.25, -0.2) is 4.39 Å². The largest absolute Gasteiger partial charge is 0.356 e. The Morgan fingerprint density at radius 2 is 1.78 bits per heavy atom. The zero-order valence-corrected chi connectivity index (χ0v) is 15.6. The molecule has 2 aromatic carbocycles. The number of aryl methyl sites for hydroxylation is 1. The van der Waals surface area contributed by atoms with Gasteiger partial charge in [0.1, 0.15) is 11.5 Å². The number of rotatable bonds is 6. The Hall–Kier alpha value is -2.99. The number of benzene rings is 2. The molecule has 0 saturated carbocycles. The van der Waals surface area contributed by atoms with E-state index in [2.05, 4.69) is 10.5 Å². The average Bonchev–Trinajstić information content (AvgIpc) is 2.98. The fourth-order valence-corrected chi connectivity index (χ4v) is 2.78. The smallest absolute Gasteiger partial charge is 0.238 e. The van der Waals surface area contributed by atoms with Gasteiger partial charge in [0.05, 0.1) is 6.54 Å². The summed E-state index contributed by atoms with van der Waals surface area (Å²) in [5, 5.41) is 6.99. The summed E-state index contributed by atoms with van der Waals surface area (Å²) in [6, 6.07) is 13.8. The number of halogens is 1. The van der Waals surface area contributed by atoms with E-state index in [0.717, 1.165) is 28.1 Å². The van der Waals surface area contributed by atoms with Crippen molar-refractivity contribution in [2.24, 2.45) is 0 Å². The van der Waals surface area contributed by atoms with Crippen molar-refractivity contribution < 1.29 is 13.7 Å². The van der Waals surface area contributed by atoms with Gasteiger partial charge in [-0.2, -0.15) is 0 Å². The first-order valence-electron chi connectivity index (χ1n) is 8.68. The molecule has 3 rings (SSSR count). The van der Waals surface area contributed by atoms with Crippen molar-refractivity contribution in [2.45, 2.75) is 20.4 Å². The first-order valence-corrected chi connectivity index (χ1v) is 8.68. The van der Waals surface area contributed by atoms with Gasteiger partial charge in [0.2, 0.25) is 5.91 Å². The number of nitrogens with zero attached hydrogens (tertiary/aromatic N) is 2. The number of nitrogens with one attached hydrogen (secondary N) is 1. The molecule has 0 atom stereocenters. The van der Waals surface area contributed by atoms with E-state index in [1.807, 2.05) is 50.1 Å². The molecule has 0 aliphatic heterocycles. The monoisotopic (exact) mass is 367 g/mol. The van der Waals surface area contributed by atoms with E-state index in [0.29, 0.717) is 12.3 Å². The minimum atomic E-state index is -0.296. The van der Waals surface area contributed by atoms with E-state index in [1.54, 1.807) is 12.1 Å². The Bertz CT molecular complexity index is 918. The molecule has 0 spiro atoms. The lowest BCUT2D eigenvalue weighted by Gasteiger charge is -2.15. The van der Waals surface area contributed by atoms with Gasteiger partial charge in [0, 0.05) is 23.4 Å². The molecule has 1 N–H and O–H groups in total. The summed E-state index contributed by atoms with van der Waals surface area (Å²) < 4.78 is 18.5. The molecule has 1 aromatic heterocycles. The number of carbonyl (C=O) groups is 1. The van der Waals surface area contributed by atoms with Gasteiger partial charge in [0.15, 0.2) is 5.76 Å². The van der Waals surface area contributed by atoms with Crippen LogP contribution in [0.3, 0.4) is 0 Å². The van der Waals surface area contributed by atoms with E-state index in [1.165, 1.54) is 12.1 Å².